The molecule has 3 heteroatoms. The van der Waals surface area contributed by atoms with Gasteiger partial charge in [0, 0.05) is 6.61 Å². The molecule has 0 bridgehead atoms. The van der Waals surface area contributed by atoms with Crippen LogP contribution < -0.4 is 10.3 Å². The van der Waals surface area contributed by atoms with Gasteiger partial charge in [-0.25, -0.2) is 0 Å². The number of rotatable bonds is 2. The topological polar surface area (TPSA) is 35.2 Å². The van der Waals surface area contributed by atoms with Crippen molar-refractivity contribution in [3.63, 3.8) is 0 Å². The Bertz CT molecular complexity index is 173. The zero-order chi connectivity index (χ0) is 8.23. The molecule has 2 rings (SSSR count). The molecule has 2 aliphatic rings. The van der Waals surface area contributed by atoms with E-state index in [-0.39, 0.29) is 0 Å². The third kappa shape index (κ3) is 1.97. The third-order valence-electron chi connectivity index (χ3n) is 2.51. The first kappa shape index (κ1) is 8.05. The second-order valence-electron chi connectivity index (χ2n) is 3.52. The fourth-order valence-electron chi connectivity index (χ4n) is 1.79. The van der Waals surface area contributed by atoms with Gasteiger partial charge in [-0.2, -0.15) is 0 Å². The van der Waals surface area contributed by atoms with E-state index in [1.165, 1.54) is 31.5 Å². The normalized spacial score (nSPS) is 29.0. The summed E-state index contributed by atoms with van der Waals surface area (Å²) in [4.78, 5) is 3.33. The summed E-state index contributed by atoms with van der Waals surface area (Å²) < 4.78 is 5.51. The van der Waals surface area contributed by atoms with Gasteiger partial charge in [-0.05, 0) is 19.3 Å². The molecule has 68 valence electrons. The van der Waals surface area contributed by atoms with Gasteiger partial charge < -0.3 is 4.74 Å². The summed E-state index contributed by atoms with van der Waals surface area (Å²) in [5.74, 6) is 1.31. The minimum atomic E-state index is 0.458. The fraction of sp³-hybridized carbons (Fsp3) is 0.889. The van der Waals surface area contributed by atoms with E-state index in [1.54, 1.807) is 0 Å². The van der Waals surface area contributed by atoms with Crippen molar-refractivity contribution in [2.24, 2.45) is 0 Å². The van der Waals surface area contributed by atoms with Crippen molar-refractivity contribution in [3.05, 3.63) is 0 Å². The van der Waals surface area contributed by atoms with Crippen LogP contribution in [0.15, 0.2) is 0 Å². The summed E-state index contributed by atoms with van der Waals surface area (Å²) in [6, 6.07) is 0. The average molecular weight is 169 g/mol. The Kier molecular flexibility index (Phi) is 2.61. The van der Waals surface area contributed by atoms with Crippen LogP contribution in [-0.4, -0.2) is 31.6 Å². The molecular formula is C9H17N2O+. The van der Waals surface area contributed by atoms with E-state index in [0.717, 1.165) is 19.7 Å². The minimum Gasteiger partial charge on any atom is -0.374 e. The fourth-order valence-corrected chi connectivity index (χ4v) is 1.79. The maximum atomic E-state index is 5.51. The van der Waals surface area contributed by atoms with Crippen molar-refractivity contribution in [2.45, 2.75) is 31.8 Å². The number of nitrogens with one attached hydrogen (secondary N) is 2. The molecule has 2 heterocycles. The van der Waals surface area contributed by atoms with Crippen LogP contribution in [-0.2, 0) is 4.74 Å². The second kappa shape index (κ2) is 3.90. The zero-order valence-corrected chi connectivity index (χ0v) is 7.44. The molecule has 3 nitrogen and oxygen atoms in total. The first-order chi connectivity index (χ1) is 5.95. The Morgan fingerprint density at radius 1 is 1.50 bits per heavy atom. The maximum Gasteiger partial charge on any atom is 0.242 e. The van der Waals surface area contributed by atoms with Crippen molar-refractivity contribution in [1.29, 1.82) is 0 Å². The molecule has 0 spiro atoms. The molecule has 1 saturated heterocycles. The molecule has 2 N–H and O–H groups in total. The van der Waals surface area contributed by atoms with Crippen LogP contribution >= 0.6 is 0 Å². The molecule has 0 unspecified atom stereocenters. The lowest BCUT2D eigenvalue weighted by molar-refractivity contribution is -0.449. The van der Waals surface area contributed by atoms with Gasteiger partial charge in [0.2, 0.25) is 5.84 Å². The predicted octanol–water partition coefficient (Wildman–Crippen LogP) is -0.972. The Hall–Kier alpha value is -0.570. The summed E-state index contributed by atoms with van der Waals surface area (Å²) in [6.07, 6.45) is 5.37. The monoisotopic (exact) mass is 169 g/mol. The first-order valence-electron chi connectivity index (χ1n) is 4.90. The standard InChI is InChI=1S/C9H16N2O/c1-4-9(10-5-1)11-7-8-3-2-6-12-8/h8H,1-7H2,(H,10,11)/p+1/t8-/m1/s1. The lowest BCUT2D eigenvalue weighted by atomic mass is 10.2. The van der Waals surface area contributed by atoms with Gasteiger partial charge in [-0.3, -0.25) is 10.3 Å². The van der Waals surface area contributed by atoms with E-state index in [4.69, 9.17) is 4.74 Å². The summed E-state index contributed by atoms with van der Waals surface area (Å²) in [5, 5.41) is 3.40. The van der Waals surface area contributed by atoms with Crippen LogP contribution in [0.1, 0.15) is 25.7 Å². The highest BCUT2D eigenvalue weighted by Crippen LogP contribution is 2.10. The van der Waals surface area contributed by atoms with Gasteiger partial charge in [-0.1, -0.05) is 0 Å². The highest BCUT2D eigenvalue weighted by Gasteiger charge is 2.19. The quantitative estimate of drug-likeness (QED) is 0.558. The number of ether oxygens (including phenoxy) is 1. The van der Waals surface area contributed by atoms with Crippen molar-refractivity contribution < 1.29 is 9.73 Å². The summed E-state index contributed by atoms with van der Waals surface area (Å²) in [5.41, 5.74) is 0. The Balaban J connectivity index is 1.67. The smallest absolute Gasteiger partial charge is 0.242 e. The second-order valence-corrected chi connectivity index (χ2v) is 3.52. The van der Waals surface area contributed by atoms with Gasteiger partial charge >= 0.3 is 0 Å². The molecule has 0 aromatic rings. The van der Waals surface area contributed by atoms with Gasteiger partial charge in [0.25, 0.3) is 0 Å². The number of amidine groups is 1. The Morgan fingerprint density at radius 2 is 2.50 bits per heavy atom. The Labute approximate surface area is 73.2 Å². The summed E-state index contributed by atoms with van der Waals surface area (Å²) in [7, 11) is 0. The van der Waals surface area contributed by atoms with Crippen LogP contribution in [0.2, 0.25) is 0 Å². The van der Waals surface area contributed by atoms with Gasteiger partial charge in [0.05, 0.1) is 19.1 Å². The van der Waals surface area contributed by atoms with Crippen LogP contribution in [0.25, 0.3) is 0 Å². The largest absolute Gasteiger partial charge is 0.374 e. The lowest BCUT2D eigenvalue weighted by Crippen LogP contribution is -2.72. The van der Waals surface area contributed by atoms with Crippen LogP contribution in [0.3, 0.4) is 0 Å². The molecule has 1 fully saturated rings. The first-order valence-corrected chi connectivity index (χ1v) is 4.90. The number of hydrogen-bond acceptors (Lipinski definition) is 2. The molecule has 2 aliphatic heterocycles. The molecule has 0 radical (unpaired) electrons. The molecule has 1 atom stereocenters. The molecule has 0 saturated carbocycles. The molecule has 0 aromatic carbocycles. The van der Waals surface area contributed by atoms with Gasteiger partial charge in [0.1, 0.15) is 6.54 Å². The van der Waals surface area contributed by atoms with Crippen molar-refractivity contribution in [1.82, 2.24) is 5.32 Å². The number of hydrogen-bond donors (Lipinski definition) is 2. The Morgan fingerprint density at radius 3 is 3.17 bits per heavy atom. The highest BCUT2D eigenvalue weighted by molar-refractivity contribution is 5.77. The predicted molar refractivity (Wildman–Crippen MR) is 47.0 cm³/mol. The van der Waals surface area contributed by atoms with Gasteiger partial charge in [-0.15, -0.1) is 0 Å². The SMILES string of the molecule is C1C[NH+]=C(NC[C@H]2CCCO2)C1. The zero-order valence-electron chi connectivity index (χ0n) is 7.44. The minimum absolute atomic E-state index is 0.458. The highest BCUT2D eigenvalue weighted by atomic mass is 16.5. The van der Waals surface area contributed by atoms with E-state index in [9.17, 15) is 0 Å². The summed E-state index contributed by atoms with van der Waals surface area (Å²) in [6.45, 7) is 3.07. The lowest BCUT2D eigenvalue weighted by Gasteiger charge is -2.05. The molecule has 0 aliphatic carbocycles. The maximum absolute atomic E-state index is 5.51. The van der Waals surface area contributed by atoms with Crippen LogP contribution in [0.5, 0.6) is 0 Å². The van der Waals surface area contributed by atoms with Gasteiger partial charge in [0.15, 0.2) is 0 Å². The molecular weight excluding hydrogens is 152 g/mol. The third-order valence-corrected chi connectivity index (χ3v) is 2.51. The van der Waals surface area contributed by atoms with E-state index < -0.39 is 0 Å². The average Bonchev–Trinajstić information content (AvgIpc) is 2.74. The molecule has 0 amide bonds. The van der Waals surface area contributed by atoms with Crippen molar-refractivity contribution >= 4 is 5.84 Å². The van der Waals surface area contributed by atoms with E-state index >= 15 is 0 Å². The summed E-state index contributed by atoms with van der Waals surface area (Å²) >= 11 is 0. The van der Waals surface area contributed by atoms with E-state index in [0.29, 0.717) is 6.10 Å². The van der Waals surface area contributed by atoms with Crippen molar-refractivity contribution in [3.8, 4) is 0 Å². The van der Waals surface area contributed by atoms with E-state index in [2.05, 4.69) is 10.3 Å². The van der Waals surface area contributed by atoms with E-state index in [1.807, 2.05) is 0 Å². The molecule has 12 heavy (non-hydrogen) atoms. The van der Waals surface area contributed by atoms with Crippen molar-refractivity contribution in [2.75, 3.05) is 19.7 Å². The van der Waals surface area contributed by atoms with Crippen LogP contribution in [0, 0.1) is 0 Å². The molecule has 0 aromatic heterocycles. The van der Waals surface area contributed by atoms with Crippen LogP contribution in [0.4, 0.5) is 0 Å².